The number of nitrogens with zero attached hydrogens (tertiary/aromatic N) is 1. The summed E-state index contributed by atoms with van der Waals surface area (Å²) in [6.07, 6.45) is 0.987. The highest BCUT2D eigenvalue weighted by molar-refractivity contribution is 9.10. The molecule has 0 aliphatic rings. The zero-order chi connectivity index (χ0) is 12.0. The molecule has 90 valence electrons. The Hall–Kier alpha value is -0.620. The van der Waals surface area contributed by atoms with Crippen molar-refractivity contribution in [1.82, 2.24) is 10.3 Å². The summed E-state index contributed by atoms with van der Waals surface area (Å²) < 4.78 is 6.17. The molecule has 1 rings (SSSR count). The van der Waals surface area contributed by atoms with E-state index in [9.17, 15) is 0 Å². The van der Waals surface area contributed by atoms with Crippen LogP contribution in [0.15, 0.2) is 22.7 Å². The molecule has 1 aromatic rings. The third-order valence-corrected chi connectivity index (χ3v) is 2.98. The van der Waals surface area contributed by atoms with Gasteiger partial charge in [0.2, 0.25) is 0 Å². The maximum Gasteiger partial charge on any atom is 0.133 e. The first-order chi connectivity index (χ1) is 7.67. The van der Waals surface area contributed by atoms with Crippen molar-refractivity contribution in [2.75, 3.05) is 27.4 Å². The normalized spacial score (nSPS) is 10.8. The molecule has 0 saturated heterocycles. The first-order valence-corrected chi connectivity index (χ1v) is 5.91. The van der Waals surface area contributed by atoms with Gasteiger partial charge in [0, 0.05) is 6.54 Å². The summed E-state index contributed by atoms with van der Waals surface area (Å²) in [4.78, 5) is 2.12. The number of likely N-dealkylation sites (N-methyl/N-ethyl adjacent to an activating group) is 1. The van der Waals surface area contributed by atoms with Gasteiger partial charge in [0.15, 0.2) is 0 Å². The monoisotopic (exact) mass is 287 g/mol. The Kier molecular flexibility index (Phi) is 5.76. The molecule has 0 fully saturated rings. The first kappa shape index (κ1) is 13.4. The van der Waals surface area contributed by atoms with Crippen molar-refractivity contribution in [1.29, 1.82) is 0 Å². The van der Waals surface area contributed by atoms with Gasteiger partial charge < -0.3 is 4.74 Å². The zero-order valence-electron chi connectivity index (χ0n) is 9.66. The summed E-state index contributed by atoms with van der Waals surface area (Å²) in [5.74, 6) is 6.11. The molecule has 0 saturated carbocycles. The standard InChI is InChI=1S/C11H18BrN3O/c1-15(8-14-13)6-5-9-3-4-11(16-2)10(12)7-9/h3-4,7,14H,5-6,8,13H2,1-2H3. The highest BCUT2D eigenvalue weighted by atomic mass is 79.9. The summed E-state index contributed by atoms with van der Waals surface area (Å²) in [7, 11) is 3.69. The maximum absolute atomic E-state index is 5.24. The highest BCUT2D eigenvalue weighted by Gasteiger charge is 2.02. The van der Waals surface area contributed by atoms with Gasteiger partial charge in [-0.15, -0.1) is 0 Å². The predicted molar refractivity (Wildman–Crippen MR) is 69.2 cm³/mol. The third kappa shape index (κ3) is 4.09. The van der Waals surface area contributed by atoms with E-state index in [2.05, 4.69) is 38.4 Å². The molecule has 0 aromatic heterocycles. The molecule has 5 heteroatoms. The minimum absolute atomic E-state index is 0.692. The second kappa shape index (κ2) is 6.85. The van der Waals surface area contributed by atoms with Gasteiger partial charge in [-0.25, -0.2) is 5.43 Å². The lowest BCUT2D eigenvalue weighted by atomic mass is 10.1. The average Bonchev–Trinajstić information content (AvgIpc) is 2.27. The minimum atomic E-state index is 0.692. The second-order valence-electron chi connectivity index (χ2n) is 3.66. The van der Waals surface area contributed by atoms with Crippen molar-refractivity contribution in [3.05, 3.63) is 28.2 Å². The fourth-order valence-corrected chi connectivity index (χ4v) is 2.01. The number of nitrogens with two attached hydrogens (primary N) is 1. The van der Waals surface area contributed by atoms with Crippen molar-refractivity contribution >= 4 is 15.9 Å². The lowest BCUT2D eigenvalue weighted by molar-refractivity contribution is 0.312. The van der Waals surface area contributed by atoms with E-state index in [1.807, 2.05) is 13.1 Å². The van der Waals surface area contributed by atoms with Crippen LogP contribution >= 0.6 is 15.9 Å². The van der Waals surface area contributed by atoms with Crippen molar-refractivity contribution in [3.8, 4) is 5.75 Å². The number of ether oxygens (including phenoxy) is 1. The van der Waals surface area contributed by atoms with Crippen molar-refractivity contribution in [2.24, 2.45) is 5.84 Å². The molecule has 3 N–H and O–H groups in total. The van der Waals surface area contributed by atoms with E-state index in [1.54, 1.807) is 7.11 Å². The Morgan fingerprint density at radius 2 is 2.25 bits per heavy atom. The Balaban J connectivity index is 2.51. The van der Waals surface area contributed by atoms with Crippen LogP contribution in [0.1, 0.15) is 5.56 Å². The molecule has 0 aliphatic heterocycles. The quantitative estimate of drug-likeness (QED) is 0.471. The summed E-state index contributed by atoms with van der Waals surface area (Å²) in [5, 5.41) is 0. The Morgan fingerprint density at radius 1 is 1.50 bits per heavy atom. The van der Waals surface area contributed by atoms with Crippen LogP contribution in [0.25, 0.3) is 0 Å². The SMILES string of the molecule is COc1ccc(CCN(C)CNN)cc1Br. The summed E-state index contributed by atoms with van der Waals surface area (Å²) in [6.45, 7) is 1.65. The fourth-order valence-electron chi connectivity index (χ4n) is 1.42. The lowest BCUT2D eigenvalue weighted by Crippen LogP contribution is -2.36. The molecule has 0 unspecified atom stereocenters. The van der Waals surface area contributed by atoms with Gasteiger partial charge in [-0.05, 0) is 47.1 Å². The predicted octanol–water partition coefficient (Wildman–Crippen LogP) is 1.35. The first-order valence-electron chi connectivity index (χ1n) is 5.11. The molecular formula is C11H18BrN3O. The van der Waals surface area contributed by atoms with Crippen LogP contribution < -0.4 is 16.0 Å². The van der Waals surface area contributed by atoms with Crippen LogP contribution in [0.2, 0.25) is 0 Å². The number of methoxy groups -OCH3 is 1. The molecule has 0 bridgehead atoms. The van der Waals surface area contributed by atoms with E-state index < -0.39 is 0 Å². The number of nitrogens with one attached hydrogen (secondary N) is 1. The summed E-state index contributed by atoms with van der Waals surface area (Å²) in [5.41, 5.74) is 3.90. The summed E-state index contributed by atoms with van der Waals surface area (Å²) >= 11 is 3.47. The zero-order valence-corrected chi connectivity index (χ0v) is 11.3. The smallest absolute Gasteiger partial charge is 0.133 e. The van der Waals surface area contributed by atoms with Gasteiger partial charge in [0.1, 0.15) is 5.75 Å². The summed E-state index contributed by atoms with van der Waals surface area (Å²) in [6, 6.07) is 6.14. The Labute approximate surface area is 105 Å². The van der Waals surface area contributed by atoms with Gasteiger partial charge in [-0.3, -0.25) is 10.7 Å². The molecule has 0 amide bonds. The van der Waals surface area contributed by atoms with E-state index in [4.69, 9.17) is 10.6 Å². The number of rotatable bonds is 6. The number of halogens is 1. The number of benzene rings is 1. The van der Waals surface area contributed by atoms with Crippen LogP contribution in [0, 0.1) is 0 Å². The largest absolute Gasteiger partial charge is 0.496 e. The van der Waals surface area contributed by atoms with E-state index in [-0.39, 0.29) is 0 Å². The molecule has 0 aliphatic carbocycles. The molecule has 0 atom stereocenters. The average molecular weight is 288 g/mol. The maximum atomic E-state index is 5.24. The van der Waals surface area contributed by atoms with E-state index in [1.165, 1.54) is 5.56 Å². The van der Waals surface area contributed by atoms with Crippen LogP contribution in [0.3, 0.4) is 0 Å². The van der Waals surface area contributed by atoms with Crippen molar-refractivity contribution in [2.45, 2.75) is 6.42 Å². The number of hydrazine groups is 1. The van der Waals surface area contributed by atoms with E-state index in [0.717, 1.165) is 23.2 Å². The molecule has 1 aromatic carbocycles. The van der Waals surface area contributed by atoms with Crippen LogP contribution in [-0.4, -0.2) is 32.3 Å². The van der Waals surface area contributed by atoms with Gasteiger partial charge in [-0.2, -0.15) is 0 Å². The number of hydrogen-bond donors (Lipinski definition) is 2. The van der Waals surface area contributed by atoms with Crippen molar-refractivity contribution < 1.29 is 4.74 Å². The van der Waals surface area contributed by atoms with Crippen LogP contribution in [0.5, 0.6) is 5.75 Å². The van der Waals surface area contributed by atoms with Gasteiger partial charge in [0.05, 0.1) is 18.3 Å². The topological polar surface area (TPSA) is 50.5 Å². The molecule has 4 nitrogen and oxygen atoms in total. The van der Waals surface area contributed by atoms with Gasteiger partial charge >= 0.3 is 0 Å². The second-order valence-corrected chi connectivity index (χ2v) is 4.52. The molecule has 0 radical (unpaired) electrons. The highest BCUT2D eigenvalue weighted by Crippen LogP contribution is 2.25. The van der Waals surface area contributed by atoms with Crippen molar-refractivity contribution in [3.63, 3.8) is 0 Å². The number of hydrogen-bond acceptors (Lipinski definition) is 4. The Morgan fingerprint density at radius 3 is 2.81 bits per heavy atom. The fraction of sp³-hybridized carbons (Fsp3) is 0.455. The molecular weight excluding hydrogens is 270 g/mol. The van der Waals surface area contributed by atoms with E-state index >= 15 is 0 Å². The third-order valence-electron chi connectivity index (χ3n) is 2.36. The molecule has 16 heavy (non-hydrogen) atoms. The van der Waals surface area contributed by atoms with Gasteiger partial charge in [0.25, 0.3) is 0 Å². The van der Waals surface area contributed by atoms with Crippen LogP contribution in [-0.2, 0) is 6.42 Å². The lowest BCUT2D eigenvalue weighted by Gasteiger charge is -2.15. The molecule has 0 spiro atoms. The minimum Gasteiger partial charge on any atom is -0.496 e. The molecule has 0 heterocycles. The van der Waals surface area contributed by atoms with Gasteiger partial charge in [-0.1, -0.05) is 6.07 Å². The Bertz CT molecular complexity index is 333. The van der Waals surface area contributed by atoms with E-state index in [0.29, 0.717) is 6.67 Å². The van der Waals surface area contributed by atoms with Crippen LogP contribution in [0.4, 0.5) is 0 Å².